The molecule has 0 saturated carbocycles. The summed E-state index contributed by atoms with van der Waals surface area (Å²) < 4.78 is 0. The van der Waals surface area contributed by atoms with E-state index in [1.807, 2.05) is 128 Å². The van der Waals surface area contributed by atoms with Crippen molar-refractivity contribution in [2.45, 2.75) is 13.3 Å². The average Bonchev–Trinajstić information content (AvgIpc) is 3.47. The van der Waals surface area contributed by atoms with Crippen LogP contribution in [-0.4, -0.2) is 0 Å². The van der Waals surface area contributed by atoms with E-state index in [-0.39, 0.29) is 34.1 Å². The maximum absolute atomic E-state index is 4.78. The van der Waals surface area contributed by atoms with E-state index in [9.17, 15) is 0 Å². The van der Waals surface area contributed by atoms with Gasteiger partial charge in [-0.15, -0.1) is 12.3 Å². The van der Waals surface area contributed by atoms with Crippen molar-refractivity contribution in [2.75, 3.05) is 0 Å². The van der Waals surface area contributed by atoms with Gasteiger partial charge in [0.15, 0.2) is 0 Å². The molecule has 0 nitrogen and oxygen atoms in total. The fourth-order valence-corrected chi connectivity index (χ4v) is 1.28. The molecular weight excluding hydrogens is 400 g/mol. The minimum atomic E-state index is 0. The summed E-state index contributed by atoms with van der Waals surface area (Å²) in [6, 6.07) is 40.0. The monoisotopic (exact) mass is 426 g/mol. The molecule has 0 aromatic heterocycles. The van der Waals surface area contributed by atoms with E-state index in [1.165, 1.54) is 0 Å². The minimum Gasteiger partial charge on any atom is -0.214 e. The molecule has 4 rings (SSSR count). The number of hydrogen-bond donors (Lipinski definition) is 0. The van der Waals surface area contributed by atoms with E-state index in [0.29, 0.717) is 0 Å². The van der Waals surface area contributed by atoms with Gasteiger partial charge in [-0.05, 0) is 0 Å². The van der Waals surface area contributed by atoms with Crippen molar-refractivity contribution in [1.29, 1.82) is 0 Å². The molecule has 0 N–H and O–H groups in total. The molecule has 0 atom stereocenters. The van der Waals surface area contributed by atoms with Crippen molar-refractivity contribution in [3.63, 3.8) is 0 Å². The molecule has 0 aliphatic carbocycles. The molecule has 4 aromatic carbocycles. The van der Waals surface area contributed by atoms with Crippen molar-refractivity contribution < 1.29 is 34.1 Å². The van der Waals surface area contributed by atoms with Crippen molar-refractivity contribution in [3.05, 3.63) is 121 Å². The van der Waals surface area contributed by atoms with E-state index < -0.39 is 0 Å². The maximum Gasteiger partial charge on any atom is 2.00 e. The summed E-state index contributed by atoms with van der Waals surface area (Å²) in [7, 11) is 0. The van der Waals surface area contributed by atoms with Gasteiger partial charge < -0.3 is 0 Å². The van der Waals surface area contributed by atoms with Crippen LogP contribution in [-0.2, 0) is 34.1 Å². The summed E-state index contributed by atoms with van der Waals surface area (Å²) in [6.45, 7) is 1.94. The summed E-state index contributed by atoms with van der Waals surface area (Å²) in [4.78, 5) is 0. The molecule has 0 spiro atoms. The van der Waals surface area contributed by atoms with Crippen LogP contribution in [0.1, 0.15) is 13.3 Å². The van der Waals surface area contributed by atoms with Crippen molar-refractivity contribution >= 4 is 0 Å². The van der Waals surface area contributed by atoms with Crippen LogP contribution < -0.4 is 0 Å². The predicted molar refractivity (Wildman–Crippen MR) is 107 cm³/mol. The van der Waals surface area contributed by atoms with E-state index in [1.54, 1.807) is 0 Å². The Hall–Kier alpha value is -2.00. The molecule has 0 radical (unpaired) electrons. The number of hydrogen-bond acceptors (Lipinski definition) is 0. The van der Waals surface area contributed by atoms with Gasteiger partial charge in [-0.1, -0.05) is 6.92 Å². The second-order valence-corrected chi connectivity index (χ2v) is 4.41. The van der Waals surface area contributed by atoms with Gasteiger partial charge in [0, 0.05) is 6.42 Å². The van der Waals surface area contributed by atoms with E-state index in [0.717, 1.165) is 6.42 Å². The van der Waals surface area contributed by atoms with E-state index in [2.05, 4.69) is 5.92 Å². The third-order valence-corrected chi connectivity index (χ3v) is 2.43. The molecule has 26 heavy (non-hydrogen) atoms. The van der Waals surface area contributed by atoms with Crippen LogP contribution in [0.4, 0.5) is 0 Å². The van der Waals surface area contributed by atoms with Crippen LogP contribution in [0.2, 0.25) is 0 Å². The van der Waals surface area contributed by atoms with Gasteiger partial charge >= 0.3 is 34.1 Å². The first-order valence-corrected chi connectivity index (χ1v) is 8.02. The fourth-order valence-electron chi connectivity index (χ4n) is 1.28. The zero-order valence-corrected chi connectivity index (χ0v) is 17.2. The summed E-state index contributed by atoms with van der Waals surface area (Å²) >= 11 is 0. The normalized spacial score (nSPS) is 6.92. The molecule has 0 fully saturated rings. The van der Waals surface area contributed by atoms with E-state index >= 15 is 0 Å². The van der Waals surface area contributed by atoms with Crippen molar-refractivity contribution in [3.8, 4) is 12.3 Å². The summed E-state index contributed by atoms with van der Waals surface area (Å²) in [6.07, 6.45) is 5.62. The van der Waals surface area contributed by atoms with Crippen LogP contribution in [0.25, 0.3) is 0 Å². The maximum atomic E-state index is 4.78. The molecule has 0 unspecified atom stereocenters. The van der Waals surface area contributed by atoms with Crippen LogP contribution in [0.5, 0.6) is 0 Å². The topological polar surface area (TPSA) is 0 Å². The third kappa shape index (κ3) is 26.9. The predicted octanol–water partition coefficient (Wildman–Crippen LogP) is 6.65. The molecule has 0 bridgehead atoms. The SMILES string of the molecule is C#CCC.[Fe+2].[Fe+2].c1cc[cH-]c1.c1cc[cH-]c1.c1cc[cH-]c1.c1cc[cH-]c1. The summed E-state index contributed by atoms with van der Waals surface area (Å²) in [5, 5.41) is 0. The largest absolute Gasteiger partial charge is 2.00 e. The molecule has 0 heterocycles. The Morgan fingerprint density at radius 2 is 0.692 bits per heavy atom. The molecular formula is C24H26Fe2. The summed E-state index contributed by atoms with van der Waals surface area (Å²) in [5.74, 6) is 2.43. The zero-order chi connectivity index (χ0) is 17.6. The molecule has 138 valence electrons. The zero-order valence-electron chi connectivity index (χ0n) is 15.0. The van der Waals surface area contributed by atoms with Crippen LogP contribution in [0.15, 0.2) is 121 Å². The molecule has 2 heteroatoms. The second-order valence-electron chi connectivity index (χ2n) is 4.41. The first-order chi connectivity index (χ1) is 11.9. The van der Waals surface area contributed by atoms with Crippen LogP contribution >= 0.6 is 0 Å². The quantitative estimate of drug-likeness (QED) is 0.168. The Kier molecular flexibility index (Phi) is 30.8. The van der Waals surface area contributed by atoms with Gasteiger partial charge in [0.1, 0.15) is 0 Å². The Morgan fingerprint density at radius 1 is 0.538 bits per heavy atom. The molecule has 0 saturated heterocycles. The van der Waals surface area contributed by atoms with Gasteiger partial charge in [0.25, 0.3) is 0 Å². The van der Waals surface area contributed by atoms with Gasteiger partial charge in [0.05, 0.1) is 0 Å². The third-order valence-electron chi connectivity index (χ3n) is 2.43. The van der Waals surface area contributed by atoms with Gasteiger partial charge in [-0.3, -0.25) is 0 Å². The van der Waals surface area contributed by atoms with E-state index in [4.69, 9.17) is 6.42 Å². The Bertz CT molecular complexity index is 433. The second kappa shape index (κ2) is 27.8. The molecule has 0 aliphatic rings. The number of terminal acetylenes is 1. The van der Waals surface area contributed by atoms with Crippen molar-refractivity contribution in [2.24, 2.45) is 0 Å². The van der Waals surface area contributed by atoms with Crippen molar-refractivity contribution in [1.82, 2.24) is 0 Å². The van der Waals surface area contributed by atoms with Crippen LogP contribution in [0.3, 0.4) is 0 Å². The molecule has 0 aliphatic heterocycles. The van der Waals surface area contributed by atoms with Gasteiger partial charge in [-0.2, -0.15) is 72.8 Å². The fraction of sp³-hybridized carbons (Fsp3) is 0.0833. The van der Waals surface area contributed by atoms with Crippen LogP contribution in [0, 0.1) is 12.3 Å². The van der Waals surface area contributed by atoms with Gasteiger partial charge in [0.2, 0.25) is 0 Å². The molecule has 4 aromatic rings. The first-order valence-electron chi connectivity index (χ1n) is 8.02. The summed E-state index contributed by atoms with van der Waals surface area (Å²) in [5.41, 5.74) is 0. The Morgan fingerprint density at radius 3 is 0.731 bits per heavy atom. The molecule has 0 amide bonds. The average molecular weight is 426 g/mol. The Balaban J connectivity index is -0.000000250. The standard InChI is InChI=1S/4C5H5.C4H6.2Fe/c4*1-2-4-5-3-1;1-3-4-2;;/h4*1-5H;1H,4H2,2H3;;/q4*-1;;2*+2. The van der Waals surface area contributed by atoms with Gasteiger partial charge in [-0.25, -0.2) is 48.5 Å². The smallest absolute Gasteiger partial charge is 0.214 e. The minimum absolute atomic E-state index is 0. The first kappa shape index (κ1) is 28.8. The Labute approximate surface area is 180 Å². The number of rotatable bonds is 0.